The average Bonchev–Trinajstić information content (AvgIpc) is 2.93. The van der Waals surface area contributed by atoms with Gasteiger partial charge in [0.1, 0.15) is 24.2 Å². The highest BCUT2D eigenvalue weighted by Crippen LogP contribution is 2.45. The zero-order chi connectivity index (χ0) is 31.4. The van der Waals surface area contributed by atoms with Gasteiger partial charge in [-0.25, -0.2) is 0 Å². The lowest BCUT2D eigenvalue weighted by Gasteiger charge is -2.52. The van der Waals surface area contributed by atoms with Gasteiger partial charge in [0, 0.05) is 18.9 Å². The standard InChI is InChI=1S/C31H44NO9PSi/c1-21(33)32-27-25(17-24(34)20-42(35,36)38-18-22-13-9-7-10-14-22)39-26-19-37-30(23-15-11-8-12-16-23)40-28(26)29(27)41-43(5,6)31(2,3)4/h7-16,25-30H,17-20H2,1-6H3,(H,32,33)(H,35,36)/t25-,26-,27+,28-,29-,30-/m1/s1. The van der Waals surface area contributed by atoms with Crippen LogP contribution in [0.4, 0.5) is 0 Å². The Balaban J connectivity index is 1.56. The summed E-state index contributed by atoms with van der Waals surface area (Å²) in [6, 6.07) is 17.8. The van der Waals surface area contributed by atoms with Crippen molar-refractivity contribution in [3.05, 3.63) is 71.8 Å². The van der Waals surface area contributed by atoms with E-state index in [9.17, 15) is 19.0 Å². The van der Waals surface area contributed by atoms with E-state index in [2.05, 4.69) is 39.2 Å². The van der Waals surface area contributed by atoms with Crippen LogP contribution in [-0.2, 0) is 43.9 Å². The normalized spacial score (nSPS) is 27.5. The van der Waals surface area contributed by atoms with Gasteiger partial charge in [-0.1, -0.05) is 81.4 Å². The summed E-state index contributed by atoms with van der Waals surface area (Å²) in [4.78, 5) is 36.1. The Labute approximate surface area is 255 Å². The van der Waals surface area contributed by atoms with Crippen LogP contribution in [0.5, 0.6) is 0 Å². The number of ether oxygens (including phenoxy) is 3. The zero-order valence-corrected chi connectivity index (χ0v) is 27.6. The molecule has 2 fully saturated rings. The molecule has 2 aromatic carbocycles. The first-order valence-corrected chi connectivity index (χ1v) is 19.3. The van der Waals surface area contributed by atoms with E-state index in [4.69, 9.17) is 23.2 Å². The van der Waals surface area contributed by atoms with E-state index in [1.807, 2.05) is 36.4 Å². The van der Waals surface area contributed by atoms with Crippen LogP contribution in [0.1, 0.15) is 51.5 Å². The highest BCUT2D eigenvalue weighted by molar-refractivity contribution is 7.53. The molecule has 0 spiro atoms. The lowest BCUT2D eigenvalue weighted by atomic mass is 9.89. The van der Waals surface area contributed by atoms with Crippen molar-refractivity contribution >= 4 is 27.6 Å². The predicted molar refractivity (Wildman–Crippen MR) is 164 cm³/mol. The summed E-state index contributed by atoms with van der Waals surface area (Å²) in [6.07, 6.45) is -4.27. The molecule has 0 saturated carbocycles. The highest BCUT2D eigenvalue weighted by atomic mass is 31.2. The molecule has 2 aliphatic heterocycles. The minimum atomic E-state index is -4.24. The number of Topliss-reactive ketones (excluding diaryl/α,β-unsaturated/α-hetero) is 1. The largest absolute Gasteiger partial charge is 0.409 e. The van der Waals surface area contributed by atoms with Crippen LogP contribution in [0.15, 0.2) is 60.7 Å². The molecule has 2 heterocycles. The number of hydrogen-bond acceptors (Lipinski definition) is 8. The second-order valence-electron chi connectivity index (χ2n) is 12.8. The quantitative estimate of drug-likeness (QED) is 0.256. The highest BCUT2D eigenvalue weighted by Gasteiger charge is 2.54. The summed E-state index contributed by atoms with van der Waals surface area (Å²) in [7, 11) is -6.67. The molecule has 2 N–H and O–H groups in total. The number of carbonyl (C=O) groups is 2. The van der Waals surface area contributed by atoms with Gasteiger partial charge in [-0.05, 0) is 23.7 Å². The van der Waals surface area contributed by atoms with Crippen molar-refractivity contribution in [2.24, 2.45) is 0 Å². The molecular formula is C31H44NO9PSi. The molecule has 1 unspecified atom stereocenters. The van der Waals surface area contributed by atoms with E-state index in [0.29, 0.717) is 5.56 Å². The molecule has 0 aliphatic carbocycles. The minimum Gasteiger partial charge on any atom is -0.409 e. The number of fused-ring (bicyclic) bond motifs is 1. The number of nitrogens with one attached hydrogen (secondary N) is 1. The van der Waals surface area contributed by atoms with Crippen LogP contribution in [0.25, 0.3) is 0 Å². The Morgan fingerprint density at radius 2 is 1.67 bits per heavy atom. The third-order valence-electron chi connectivity index (χ3n) is 8.25. The first-order chi connectivity index (χ1) is 20.1. The fourth-order valence-corrected chi connectivity index (χ4v) is 7.34. The van der Waals surface area contributed by atoms with Crippen LogP contribution in [0, 0.1) is 0 Å². The van der Waals surface area contributed by atoms with E-state index in [0.717, 1.165) is 5.56 Å². The molecule has 0 aromatic heterocycles. The molecule has 7 atom stereocenters. The van der Waals surface area contributed by atoms with Gasteiger partial charge in [0.2, 0.25) is 5.91 Å². The maximum Gasteiger partial charge on any atom is 0.335 e. The van der Waals surface area contributed by atoms with Gasteiger partial charge in [0.25, 0.3) is 0 Å². The molecule has 2 aromatic rings. The van der Waals surface area contributed by atoms with Crippen molar-refractivity contribution in [1.82, 2.24) is 5.32 Å². The van der Waals surface area contributed by atoms with E-state index < -0.39 is 64.6 Å². The Morgan fingerprint density at radius 1 is 1.05 bits per heavy atom. The number of hydrogen-bond donors (Lipinski definition) is 2. The van der Waals surface area contributed by atoms with Crippen molar-refractivity contribution < 1.29 is 42.2 Å². The molecule has 43 heavy (non-hydrogen) atoms. The summed E-state index contributed by atoms with van der Waals surface area (Å²) in [5.74, 6) is -0.845. The maximum absolute atomic E-state index is 13.2. The number of amides is 1. The number of benzene rings is 2. The lowest BCUT2D eigenvalue weighted by Crippen LogP contribution is -2.69. The summed E-state index contributed by atoms with van der Waals surface area (Å²) >= 11 is 0. The molecule has 1 amide bonds. The Kier molecular flexibility index (Phi) is 10.8. The van der Waals surface area contributed by atoms with Crippen LogP contribution in [0.2, 0.25) is 18.1 Å². The summed E-state index contributed by atoms with van der Waals surface area (Å²) < 4.78 is 43.9. The summed E-state index contributed by atoms with van der Waals surface area (Å²) in [5, 5.41) is 2.80. The SMILES string of the molecule is CC(=O)N[C@@H]1[C@@H](O[Si](C)(C)C(C)(C)C)[C@@H]2O[C@H](c3ccccc3)OC[C@H]2O[C@@H]1CC(=O)CP(=O)(O)OCc1ccccc1. The maximum atomic E-state index is 13.2. The molecular weight excluding hydrogens is 589 g/mol. The van der Waals surface area contributed by atoms with E-state index in [1.54, 1.807) is 24.3 Å². The topological polar surface area (TPSA) is 130 Å². The van der Waals surface area contributed by atoms with Crippen molar-refractivity contribution in [3.63, 3.8) is 0 Å². The number of carbonyl (C=O) groups excluding carboxylic acids is 2. The smallest absolute Gasteiger partial charge is 0.335 e. The van der Waals surface area contributed by atoms with Crippen molar-refractivity contribution in [3.8, 4) is 0 Å². The van der Waals surface area contributed by atoms with Crippen LogP contribution >= 0.6 is 7.60 Å². The fourth-order valence-electron chi connectivity index (χ4n) is 5.01. The van der Waals surface area contributed by atoms with Crippen LogP contribution < -0.4 is 5.32 Å². The van der Waals surface area contributed by atoms with Crippen molar-refractivity contribution in [2.45, 2.75) is 95.6 Å². The second kappa shape index (κ2) is 13.8. The number of ketones is 1. The second-order valence-corrected chi connectivity index (χ2v) is 19.4. The fraction of sp³-hybridized carbons (Fsp3) is 0.548. The Bertz CT molecular complexity index is 1290. The molecule has 236 valence electrons. The molecule has 10 nitrogen and oxygen atoms in total. The third kappa shape index (κ3) is 8.92. The molecule has 4 rings (SSSR count). The molecule has 2 aliphatic rings. The summed E-state index contributed by atoms with van der Waals surface area (Å²) in [6.45, 7) is 12.1. The Morgan fingerprint density at radius 3 is 2.28 bits per heavy atom. The first-order valence-electron chi connectivity index (χ1n) is 14.6. The van der Waals surface area contributed by atoms with Gasteiger partial charge < -0.3 is 33.4 Å². The molecule has 0 radical (unpaired) electrons. The van der Waals surface area contributed by atoms with E-state index in [-0.39, 0.29) is 30.6 Å². The lowest BCUT2D eigenvalue weighted by molar-refractivity contribution is -0.312. The van der Waals surface area contributed by atoms with Gasteiger partial charge in [0.15, 0.2) is 14.6 Å². The zero-order valence-electron chi connectivity index (χ0n) is 25.7. The van der Waals surface area contributed by atoms with Gasteiger partial charge >= 0.3 is 7.60 Å². The van der Waals surface area contributed by atoms with Crippen molar-refractivity contribution in [2.75, 3.05) is 12.8 Å². The number of rotatable bonds is 11. The Hall–Kier alpha value is -2.21. The third-order valence-corrected chi connectivity index (χ3v) is 14.0. The van der Waals surface area contributed by atoms with Gasteiger partial charge in [-0.15, -0.1) is 0 Å². The van der Waals surface area contributed by atoms with Crippen LogP contribution in [-0.4, -0.2) is 68.1 Å². The van der Waals surface area contributed by atoms with Gasteiger partial charge in [-0.3, -0.25) is 14.2 Å². The predicted octanol–water partition coefficient (Wildman–Crippen LogP) is 5.12. The molecule has 12 heteroatoms. The monoisotopic (exact) mass is 633 g/mol. The van der Waals surface area contributed by atoms with E-state index >= 15 is 0 Å². The summed E-state index contributed by atoms with van der Waals surface area (Å²) in [5.41, 5.74) is 1.56. The first kappa shape index (κ1) is 33.7. The average molecular weight is 634 g/mol. The van der Waals surface area contributed by atoms with Gasteiger partial charge in [0.05, 0.1) is 31.5 Å². The van der Waals surface area contributed by atoms with E-state index in [1.165, 1.54) is 6.92 Å². The van der Waals surface area contributed by atoms with Crippen molar-refractivity contribution in [1.29, 1.82) is 0 Å². The molecule has 0 bridgehead atoms. The minimum absolute atomic E-state index is 0.0974. The molecule has 2 saturated heterocycles. The van der Waals surface area contributed by atoms with Gasteiger partial charge in [-0.2, -0.15) is 0 Å². The van der Waals surface area contributed by atoms with Crippen LogP contribution in [0.3, 0.4) is 0 Å².